The molecule has 0 radical (unpaired) electrons. The van der Waals surface area contributed by atoms with Gasteiger partial charge in [-0.2, -0.15) is 0 Å². The van der Waals surface area contributed by atoms with Crippen molar-refractivity contribution >= 4 is 11.3 Å². The van der Waals surface area contributed by atoms with Gasteiger partial charge in [0.2, 0.25) is 0 Å². The summed E-state index contributed by atoms with van der Waals surface area (Å²) in [6.07, 6.45) is 2.23. The molecule has 2 N–H and O–H groups in total. The van der Waals surface area contributed by atoms with Gasteiger partial charge in [0.15, 0.2) is 0 Å². The van der Waals surface area contributed by atoms with Crippen LogP contribution in [0.15, 0.2) is 41.8 Å². The molecule has 3 heteroatoms. The summed E-state index contributed by atoms with van der Waals surface area (Å²) < 4.78 is 0. The van der Waals surface area contributed by atoms with Crippen molar-refractivity contribution < 1.29 is 0 Å². The lowest BCUT2D eigenvalue weighted by molar-refractivity contribution is 0.178. The third kappa shape index (κ3) is 2.89. The third-order valence-electron chi connectivity index (χ3n) is 3.96. The van der Waals surface area contributed by atoms with Crippen LogP contribution in [0.5, 0.6) is 0 Å². The molecule has 1 atom stereocenters. The Balaban J connectivity index is 1.70. The molecule has 0 amide bonds. The lowest BCUT2D eigenvalue weighted by Gasteiger charge is -2.36. The number of rotatable bonds is 4. The fourth-order valence-electron chi connectivity index (χ4n) is 2.84. The van der Waals surface area contributed by atoms with Crippen LogP contribution >= 0.6 is 11.3 Å². The Bertz CT molecular complexity index is 521. The van der Waals surface area contributed by atoms with Gasteiger partial charge in [0, 0.05) is 30.6 Å². The molecule has 0 bridgehead atoms. The monoisotopic (exact) mass is 272 g/mol. The molecule has 1 aliphatic rings. The Morgan fingerprint density at radius 1 is 1.16 bits per heavy atom. The molecule has 2 heterocycles. The first-order chi connectivity index (χ1) is 9.36. The van der Waals surface area contributed by atoms with E-state index in [1.807, 2.05) is 11.3 Å². The molecule has 1 aromatic carbocycles. The Morgan fingerprint density at radius 3 is 2.74 bits per heavy atom. The van der Waals surface area contributed by atoms with E-state index in [-0.39, 0.29) is 0 Å². The van der Waals surface area contributed by atoms with Crippen LogP contribution < -0.4 is 5.73 Å². The van der Waals surface area contributed by atoms with E-state index in [0.29, 0.717) is 6.04 Å². The molecule has 0 saturated heterocycles. The quantitative estimate of drug-likeness (QED) is 0.927. The summed E-state index contributed by atoms with van der Waals surface area (Å²) in [4.78, 5) is 4.01. The number of nitrogens with zero attached hydrogens (tertiary/aromatic N) is 1. The van der Waals surface area contributed by atoms with Crippen LogP contribution in [0.1, 0.15) is 16.0 Å². The number of benzene rings is 1. The van der Waals surface area contributed by atoms with Crippen LogP contribution in [0, 0.1) is 0 Å². The summed E-state index contributed by atoms with van der Waals surface area (Å²) in [6, 6.07) is 13.6. The summed E-state index contributed by atoms with van der Waals surface area (Å²) in [5.74, 6) is 0. The van der Waals surface area contributed by atoms with E-state index >= 15 is 0 Å². The van der Waals surface area contributed by atoms with Gasteiger partial charge in [0.05, 0.1) is 0 Å². The fraction of sp³-hybridized carbons (Fsp3) is 0.375. The van der Waals surface area contributed by atoms with E-state index in [1.165, 1.54) is 16.0 Å². The maximum atomic E-state index is 5.96. The highest BCUT2D eigenvalue weighted by Gasteiger charge is 2.24. The second-order valence-electron chi connectivity index (χ2n) is 5.16. The highest BCUT2D eigenvalue weighted by atomic mass is 32.1. The van der Waals surface area contributed by atoms with E-state index in [1.54, 1.807) is 0 Å². The second kappa shape index (κ2) is 5.87. The van der Waals surface area contributed by atoms with Crippen LogP contribution in [0.4, 0.5) is 0 Å². The topological polar surface area (TPSA) is 29.3 Å². The normalized spacial score (nSPS) is 19.3. The smallest absolute Gasteiger partial charge is 0.0262 e. The fourth-order valence-corrected chi connectivity index (χ4v) is 3.54. The van der Waals surface area contributed by atoms with Gasteiger partial charge in [-0.1, -0.05) is 30.3 Å². The minimum absolute atomic E-state index is 0.495. The van der Waals surface area contributed by atoms with Crippen molar-refractivity contribution in [1.82, 2.24) is 4.90 Å². The number of thiophene rings is 1. The molecule has 1 aromatic heterocycles. The van der Waals surface area contributed by atoms with Crippen LogP contribution in [-0.2, 0) is 19.4 Å². The summed E-state index contributed by atoms with van der Waals surface area (Å²) >= 11 is 1.85. The molecule has 2 nitrogen and oxygen atoms in total. The summed E-state index contributed by atoms with van der Waals surface area (Å²) in [6.45, 7) is 2.90. The van der Waals surface area contributed by atoms with Crippen molar-refractivity contribution in [2.45, 2.75) is 25.4 Å². The maximum Gasteiger partial charge on any atom is 0.0262 e. The van der Waals surface area contributed by atoms with Gasteiger partial charge in [-0.3, -0.25) is 4.90 Å². The predicted molar refractivity (Wildman–Crippen MR) is 81.4 cm³/mol. The molecular formula is C16H20N2S. The summed E-state index contributed by atoms with van der Waals surface area (Å²) in [7, 11) is 0. The van der Waals surface area contributed by atoms with Gasteiger partial charge in [-0.25, -0.2) is 0 Å². The molecule has 0 spiro atoms. The van der Waals surface area contributed by atoms with E-state index in [9.17, 15) is 0 Å². The van der Waals surface area contributed by atoms with Crippen LogP contribution in [-0.4, -0.2) is 24.0 Å². The van der Waals surface area contributed by atoms with Gasteiger partial charge in [-0.05, 0) is 35.4 Å². The molecule has 0 fully saturated rings. The Morgan fingerprint density at radius 2 is 2.00 bits per heavy atom. The zero-order valence-corrected chi connectivity index (χ0v) is 11.9. The minimum atomic E-state index is 0.495. The lowest BCUT2D eigenvalue weighted by Crippen LogP contribution is -2.45. The van der Waals surface area contributed by atoms with Gasteiger partial charge in [0.25, 0.3) is 0 Å². The summed E-state index contributed by atoms with van der Waals surface area (Å²) in [5.41, 5.74) is 8.91. The molecular weight excluding hydrogens is 252 g/mol. The van der Waals surface area contributed by atoms with Gasteiger partial charge in [0.1, 0.15) is 0 Å². The first-order valence-corrected chi connectivity index (χ1v) is 7.78. The minimum Gasteiger partial charge on any atom is -0.329 e. The number of hydrogen-bond donors (Lipinski definition) is 1. The van der Waals surface area contributed by atoms with Crippen molar-refractivity contribution in [2.24, 2.45) is 5.73 Å². The van der Waals surface area contributed by atoms with Gasteiger partial charge >= 0.3 is 0 Å². The third-order valence-corrected chi connectivity index (χ3v) is 4.90. The van der Waals surface area contributed by atoms with Gasteiger partial charge < -0.3 is 5.73 Å². The van der Waals surface area contributed by atoms with E-state index in [0.717, 1.165) is 32.5 Å². The number of hydrogen-bond acceptors (Lipinski definition) is 3. The molecule has 1 unspecified atom stereocenters. The van der Waals surface area contributed by atoms with Crippen LogP contribution in [0.3, 0.4) is 0 Å². The largest absolute Gasteiger partial charge is 0.329 e. The van der Waals surface area contributed by atoms with Crippen molar-refractivity contribution in [3.63, 3.8) is 0 Å². The SMILES string of the molecule is NCC1Cc2ccccc2CN1CCc1cccs1. The lowest BCUT2D eigenvalue weighted by atomic mass is 9.94. The Labute approximate surface area is 118 Å². The Kier molecular flexibility index (Phi) is 3.97. The van der Waals surface area contributed by atoms with E-state index < -0.39 is 0 Å². The van der Waals surface area contributed by atoms with Crippen molar-refractivity contribution in [2.75, 3.05) is 13.1 Å². The predicted octanol–water partition coefficient (Wildman–Crippen LogP) is 2.68. The highest BCUT2D eigenvalue weighted by Crippen LogP contribution is 2.23. The maximum absolute atomic E-state index is 5.96. The number of fused-ring (bicyclic) bond motifs is 1. The first kappa shape index (κ1) is 12.9. The van der Waals surface area contributed by atoms with Crippen molar-refractivity contribution in [3.8, 4) is 0 Å². The molecule has 3 rings (SSSR count). The average Bonchev–Trinajstić information content (AvgIpc) is 2.97. The van der Waals surface area contributed by atoms with Crippen molar-refractivity contribution in [1.29, 1.82) is 0 Å². The molecule has 0 aliphatic carbocycles. The zero-order valence-electron chi connectivity index (χ0n) is 11.1. The molecule has 1 aliphatic heterocycles. The van der Waals surface area contributed by atoms with Crippen molar-refractivity contribution in [3.05, 3.63) is 57.8 Å². The Hall–Kier alpha value is -1.16. The summed E-state index contributed by atoms with van der Waals surface area (Å²) in [5, 5.41) is 2.15. The van der Waals surface area contributed by atoms with E-state index in [2.05, 4.69) is 46.7 Å². The molecule has 100 valence electrons. The standard InChI is InChI=1S/C16H20N2S/c17-11-15-10-13-4-1-2-5-14(13)12-18(15)8-7-16-6-3-9-19-16/h1-6,9,15H,7-8,10-12,17H2. The molecule has 2 aromatic rings. The van der Waals surface area contributed by atoms with Gasteiger partial charge in [-0.15, -0.1) is 11.3 Å². The molecule has 0 saturated carbocycles. The second-order valence-corrected chi connectivity index (χ2v) is 6.19. The average molecular weight is 272 g/mol. The molecule has 19 heavy (non-hydrogen) atoms. The highest BCUT2D eigenvalue weighted by molar-refractivity contribution is 7.09. The van der Waals surface area contributed by atoms with Crippen LogP contribution in [0.2, 0.25) is 0 Å². The van der Waals surface area contributed by atoms with E-state index in [4.69, 9.17) is 5.73 Å². The number of nitrogens with two attached hydrogens (primary N) is 1. The van der Waals surface area contributed by atoms with Crippen LogP contribution in [0.25, 0.3) is 0 Å². The zero-order chi connectivity index (χ0) is 13.1. The first-order valence-electron chi connectivity index (χ1n) is 6.90.